The normalized spacial score (nSPS) is 10.8. The molecule has 0 saturated carbocycles. The Balaban J connectivity index is 2.05. The van der Waals surface area contributed by atoms with Crippen molar-refractivity contribution in [1.82, 2.24) is 14.5 Å². The molecule has 25 heavy (non-hydrogen) atoms. The molecule has 0 radical (unpaired) electrons. The SMILES string of the molecule is CCCn1c(=O)ccc2cnc(Nc3cc([N+](=O)[O-])ccc3F)nc21. The molecule has 0 fully saturated rings. The van der Waals surface area contributed by atoms with E-state index < -0.39 is 10.7 Å². The summed E-state index contributed by atoms with van der Waals surface area (Å²) in [6, 6.07) is 6.18. The van der Waals surface area contributed by atoms with E-state index in [1.54, 1.807) is 6.07 Å². The third-order valence-electron chi connectivity index (χ3n) is 3.58. The van der Waals surface area contributed by atoms with E-state index in [-0.39, 0.29) is 22.9 Å². The van der Waals surface area contributed by atoms with E-state index in [0.29, 0.717) is 17.6 Å². The van der Waals surface area contributed by atoms with Gasteiger partial charge in [0.2, 0.25) is 5.95 Å². The molecule has 1 aromatic carbocycles. The Bertz CT molecular complexity index is 1020. The molecule has 128 valence electrons. The first-order valence-electron chi connectivity index (χ1n) is 7.57. The summed E-state index contributed by atoms with van der Waals surface area (Å²) in [6.45, 7) is 2.42. The second-order valence-corrected chi connectivity index (χ2v) is 5.34. The Labute approximate surface area is 141 Å². The highest BCUT2D eigenvalue weighted by molar-refractivity contribution is 5.75. The summed E-state index contributed by atoms with van der Waals surface area (Å²) in [7, 11) is 0. The van der Waals surface area contributed by atoms with Crippen LogP contribution in [-0.2, 0) is 6.54 Å². The fraction of sp³-hybridized carbons (Fsp3) is 0.188. The van der Waals surface area contributed by atoms with Gasteiger partial charge in [0.15, 0.2) is 0 Å². The number of nitro groups is 1. The fourth-order valence-electron chi connectivity index (χ4n) is 2.41. The van der Waals surface area contributed by atoms with Gasteiger partial charge >= 0.3 is 0 Å². The number of nitrogens with one attached hydrogen (secondary N) is 1. The first-order chi connectivity index (χ1) is 12.0. The molecule has 0 spiro atoms. The molecule has 0 aliphatic carbocycles. The number of nitrogens with zero attached hydrogens (tertiary/aromatic N) is 4. The average molecular weight is 343 g/mol. The molecule has 2 heterocycles. The van der Waals surface area contributed by atoms with Crippen molar-refractivity contribution >= 4 is 28.4 Å². The van der Waals surface area contributed by atoms with Crippen LogP contribution in [0.5, 0.6) is 0 Å². The van der Waals surface area contributed by atoms with Crippen LogP contribution in [0.1, 0.15) is 13.3 Å². The largest absolute Gasteiger partial charge is 0.321 e. The topological polar surface area (TPSA) is 103 Å². The zero-order valence-corrected chi connectivity index (χ0v) is 13.3. The van der Waals surface area contributed by atoms with Crippen molar-refractivity contribution in [3.8, 4) is 0 Å². The van der Waals surface area contributed by atoms with Crippen LogP contribution in [0.2, 0.25) is 0 Å². The van der Waals surface area contributed by atoms with Crippen molar-refractivity contribution in [1.29, 1.82) is 0 Å². The van der Waals surface area contributed by atoms with E-state index in [0.717, 1.165) is 24.6 Å². The molecule has 1 N–H and O–H groups in total. The van der Waals surface area contributed by atoms with E-state index >= 15 is 0 Å². The van der Waals surface area contributed by atoms with Gasteiger partial charge in [-0.1, -0.05) is 6.92 Å². The average Bonchev–Trinajstić information content (AvgIpc) is 2.59. The number of hydrogen-bond acceptors (Lipinski definition) is 6. The Hall–Kier alpha value is -3.36. The van der Waals surface area contributed by atoms with Gasteiger partial charge in [-0.25, -0.2) is 9.37 Å². The minimum atomic E-state index is -0.673. The third kappa shape index (κ3) is 3.30. The summed E-state index contributed by atoms with van der Waals surface area (Å²) in [4.78, 5) is 30.6. The maximum Gasteiger partial charge on any atom is 0.271 e. The predicted octanol–water partition coefficient (Wildman–Crippen LogP) is 2.99. The lowest BCUT2D eigenvalue weighted by Crippen LogP contribution is -2.20. The minimum Gasteiger partial charge on any atom is -0.321 e. The first kappa shape index (κ1) is 16.5. The number of fused-ring (bicyclic) bond motifs is 1. The smallest absolute Gasteiger partial charge is 0.271 e. The predicted molar refractivity (Wildman–Crippen MR) is 90.4 cm³/mol. The molecular weight excluding hydrogens is 329 g/mol. The maximum absolute atomic E-state index is 13.9. The second kappa shape index (κ2) is 6.63. The third-order valence-corrected chi connectivity index (χ3v) is 3.58. The standard InChI is InChI=1S/C16H14FN5O3/c1-2-7-21-14(23)6-3-10-9-18-16(20-15(10)21)19-13-8-11(22(24)25)4-5-12(13)17/h3-6,8-9H,2,7H2,1H3,(H,18,19,20). The first-order valence-corrected chi connectivity index (χ1v) is 7.57. The van der Waals surface area contributed by atoms with Crippen molar-refractivity contribution < 1.29 is 9.31 Å². The van der Waals surface area contributed by atoms with E-state index in [9.17, 15) is 19.3 Å². The van der Waals surface area contributed by atoms with Gasteiger partial charge in [-0.2, -0.15) is 4.98 Å². The number of pyridine rings is 1. The summed E-state index contributed by atoms with van der Waals surface area (Å²) in [5.41, 5.74) is -0.153. The Kier molecular flexibility index (Phi) is 4.38. The summed E-state index contributed by atoms with van der Waals surface area (Å²) >= 11 is 0. The van der Waals surface area contributed by atoms with Crippen molar-refractivity contribution in [3.05, 3.63) is 62.8 Å². The van der Waals surface area contributed by atoms with Gasteiger partial charge in [0.05, 0.1) is 10.6 Å². The van der Waals surface area contributed by atoms with Gasteiger partial charge in [-0.15, -0.1) is 0 Å². The Morgan fingerprint density at radius 1 is 1.32 bits per heavy atom. The molecule has 0 aliphatic rings. The van der Waals surface area contributed by atoms with Crippen molar-refractivity contribution in [2.75, 3.05) is 5.32 Å². The Morgan fingerprint density at radius 3 is 2.84 bits per heavy atom. The molecule has 0 saturated heterocycles. The van der Waals surface area contributed by atoms with Crippen molar-refractivity contribution in [2.24, 2.45) is 0 Å². The van der Waals surface area contributed by atoms with E-state index in [2.05, 4.69) is 15.3 Å². The fourth-order valence-corrected chi connectivity index (χ4v) is 2.41. The number of halogens is 1. The lowest BCUT2D eigenvalue weighted by Gasteiger charge is -2.10. The summed E-state index contributed by atoms with van der Waals surface area (Å²) in [6.07, 6.45) is 2.25. The van der Waals surface area contributed by atoms with Crippen LogP contribution in [0.25, 0.3) is 11.0 Å². The highest BCUT2D eigenvalue weighted by atomic mass is 19.1. The van der Waals surface area contributed by atoms with Gasteiger partial charge in [0, 0.05) is 36.3 Å². The number of benzene rings is 1. The molecular formula is C16H14FN5O3. The monoisotopic (exact) mass is 343 g/mol. The van der Waals surface area contributed by atoms with Crippen molar-refractivity contribution in [3.63, 3.8) is 0 Å². The quantitative estimate of drug-likeness (QED) is 0.564. The Morgan fingerprint density at radius 2 is 2.12 bits per heavy atom. The molecule has 0 bridgehead atoms. The molecule has 3 rings (SSSR count). The summed E-state index contributed by atoms with van der Waals surface area (Å²) in [5, 5.41) is 14.1. The maximum atomic E-state index is 13.9. The lowest BCUT2D eigenvalue weighted by molar-refractivity contribution is -0.384. The molecule has 0 unspecified atom stereocenters. The molecule has 2 aromatic heterocycles. The second-order valence-electron chi connectivity index (χ2n) is 5.34. The van der Waals surface area contributed by atoms with Crippen LogP contribution in [-0.4, -0.2) is 19.5 Å². The van der Waals surface area contributed by atoms with Crippen LogP contribution >= 0.6 is 0 Å². The number of aryl methyl sites for hydroxylation is 1. The number of non-ortho nitro benzene ring substituents is 1. The van der Waals surface area contributed by atoms with Gasteiger partial charge in [-0.05, 0) is 18.6 Å². The van der Waals surface area contributed by atoms with Gasteiger partial charge in [0.25, 0.3) is 11.2 Å². The van der Waals surface area contributed by atoms with Crippen LogP contribution < -0.4 is 10.9 Å². The summed E-state index contributed by atoms with van der Waals surface area (Å²) < 4.78 is 15.4. The lowest BCUT2D eigenvalue weighted by atomic mass is 10.2. The van der Waals surface area contributed by atoms with E-state index in [4.69, 9.17) is 0 Å². The molecule has 0 atom stereocenters. The number of aromatic nitrogens is 3. The number of rotatable bonds is 5. The van der Waals surface area contributed by atoms with E-state index in [1.807, 2.05) is 6.92 Å². The summed E-state index contributed by atoms with van der Waals surface area (Å²) in [5.74, 6) is -0.629. The van der Waals surface area contributed by atoms with Crippen LogP contribution in [0.3, 0.4) is 0 Å². The molecule has 3 aromatic rings. The van der Waals surface area contributed by atoms with Crippen LogP contribution in [0.15, 0.2) is 41.3 Å². The molecule has 0 aliphatic heterocycles. The van der Waals surface area contributed by atoms with E-state index in [1.165, 1.54) is 16.8 Å². The number of anilines is 2. The van der Waals surface area contributed by atoms with Crippen LogP contribution in [0.4, 0.5) is 21.7 Å². The number of hydrogen-bond donors (Lipinski definition) is 1. The minimum absolute atomic E-state index is 0.0438. The molecule has 9 heteroatoms. The molecule has 0 amide bonds. The zero-order chi connectivity index (χ0) is 18.0. The van der Waals surface area contributed by atoms with Gasteiger partial charge < -0.3 is 5.32 Å². The highest BCUT2D eigenvalue weighted by Crippen LogP contribution is 2.24. The van der Waals surface area contributed by atoms with Crippen LogP contribution in [0, 0.1) is 15.9 Å². The van der Waals surface area contributed by atoms with Gasteiger partial charge in [-0.3, -0.25) is 19.5 Å². The zero-order valence-electron chi connectivity index (χ0n) is 13.3. The number of nitro benzene ring substituents is 1. The van der Waals surface area contributed by atoms with Crippen molar-refractivity contribution in [2.45, 2.75) is 19.9 Å². The molecule has 8 nitrogen and oxygen atoms in total. The van der Waals surface area contributed by atoms with Gasteiger partial charge in [0.1, 0.15) is 11.5 Å². The highest BCUT2D eigenvalue weighted by Gasteiger charge is 2.13.